The van der Waals surface area contributed by atoms with Gasteiger partial charge in [-0.25, -0.2) is 4.68 Å². The summed E-state index contributed by atoms with van der Waals surface area (Å²) < 4.78 is 6.96. The summed E-state index contributed by atoms with van der Waals surface area (Å²) >= 11 is 0. The molecule has 114 valence electrons. The fourth-order valence-corrected chi connectivity index (χ4v) is 2.45. The van der Waals surface area contributed by atoms with Gasteiger partial charge in [0.15, 0.2) is 5.82 Å². The summed E-state index contributed by atoms with van der Waals surface area (Å²) in [6.45, 7) is 5.97. The van der Waals surface area contributed by atoms with Gasteiger partial charge in [-0.3, -0.25) is 4.79 Å². The molecule has 0 bridgehead atoms. The Morgan fingerprint density at radius 1 is 1.38 bits per heavy atom. The molecular weight excluding hydrogens is 272 g/mol. The van der Waals surface area contributed by atoms with E-state index in [1.807, 2.05) is 20.8 Å². The predicted molar refractivity (Wildman–Crippen MR) is 75.5 cm³/mol. The fraction of sp³-hybridized carbons (Fsp3) is 0.571. The lowest BCUT2D eigenvalue weighted by molar-refractivity contribution is -0.150. The lowest BCUT2D eigenvalue weighted by atomic mass is 9.82. The van der Waals surface area contributed by atoms with E-state index in [9.17, 15) is 9.90 Å². The number of nitrogens with zero attached hydrogens (tertiary/aromatic N) is 4. The molecule has 0 atom stereocenters. The van der Waals surface area contributed by atoms with Crippen LogP contribution in [0.3, 0.4) is 0 Å². The van der Waals surface area contributed by atoms with Gasteiger partial charge in [-0.2, -0.15) is 0 Å². The minimum absolute atomic E-state index is 0.242. The number of rotatable bonds is 7. The Kier molecular flexibility index (Phi) is 4.40. The third-order valence-corrected chi connectivity index (χ3v) is 4.10. The van der Waals surface area contributed by atoms with Gasteiger partial charge in [-0.1, -0.05) is 20.8 Å². The number of hydrogen-bond donors (Lipinski definition) is 1. The highest BCUT2D eigenvalue weighted by atomic mass is 16.4. The van der Waals surface area contributed by atoms with E-state index in [0.29, 0.717) is 18.7 Å². The van der Waals surface area contributed by atoms with Crippen LogP contribution >= 0.6 is 0 Å². The summed E-state index contributed by atoms with van der Waals surface area (Å²) in [7, 11) is 0. The van der Waals surface area contributed by atoms with Crippen molar-refractivity contribution in [2.45, 2.75) is 46.6 Å². The number of carbonyl (C=O) groups is 1. The van der Waals surface area contributed by atoms with E-state index in [4.69, 9.17) is 4.42 Å². The van der Waals surface area contributed by atoms with Gasteiger partial charge in [-0.05, 0) is 29.3 Å². The van der Waals surface area contributed by atoms with Crippen molar-refractivity contribution in [2.24, 2.45) is 5.41 Å². The Balaban J connectivity index is 2.39. The number of carboxylic acid groups (broad SMARTS) is 1. The maximum absolute atomic E-state index is 11.6. The highest BCUT2D eigenvalue weighted by Crippen LogP contribution is 2.31. The van der Waals surface area contributed by atoms with Crippen molar-refractivity contribution in [3.8, 4) is 11.4 Å². The van der Waals surface area contributed by atoms with Crippen LogP contribution in [0.15, 0.2) is 16.7 Å². The van der Waals surface area contributed by atoms with Crippen LogP contribution in [0, 0.1) is 5.41 Å². The fourth-order valence-electron chi connectivity index (χ4n) is 2.45. The molecule has 2 heterocycles. The van der Waals surface area contributed by atoms with E-state index in [2.05, 4.69) is 15.5 Å². The molecule has 0 amide bonds. The van der Waals surface area contributed by atoms with Crippen LogP contribution in [0.25, 0.3) is 11.4 Å². The van der Waals surface area contributed by atoms with E-state index >= 15 is 0 Å². The van der Waals surface area contributed by atoms with Gasteiger partial charge in [0.2, 0.25) is 0 Å². The van der Waals surface area contributed by atoms with Gasteiger partial charge < -0.3 is 9.52 Å². The van der Waals surface area contributed by atoms with Gasteiger partial charge in [0.25, 0.3) is 0 Å². The number of aromatic nitrogens is 4. The average molecular weight is 292 g/mol. The molecule has 0 fully saturated rings. The first-order chi connectivity index (χ1) is 10.1. The molecule has 0 aliphatic heterocycles. The Morgan fingerprint density at radius 2 is 2.10 bits per heavy atom. The molecule has 0 saturated heterocycles. The monoisotopic (exact) mass is 292 g/mol. The zero-order valence-corrected chi connectivity index (χ0v) is 12.5. The van der Waals surface area contributed by atoms with E-state index in [1.54, 1.807) is 17.0 Å². The smallest absolute Gasteiger partial charge is 0.311 e. The SMILES string of the molecule is CCc1occc1-c1nnnn1CC(CC)(CC)C(=O)O. The van der Waals surface area contributed by atoms with Gasteiger partial charge in [0.05, 0.1) is 23.8 Å². The summed E-state index contributed by atoms with van der Waals surface area (Å²) in [6.07, 6.45) is 3.35. The van der Waals surface area contributed by atoms with Gasteiger partial charge in [-0.15, -0.1) is 5.10 Å². The van der Waals surface area contributed by atoms with Crippen LogP contribution in [0.1, 0.15) is 39.4 Å². The first-order valence-electron chi connectivity index (χ1n) is 7.14. The molecule has 2 aromatic rings. The van der Waals surface area contributed by atoms with E-state index < -0.39 is 11.4 Å². The largest absolute Gasteiger partial charge is 0.481 e. The van der Waals surface area contributed by atoms with Crippen LogP contribution in [-0.4, -0.2) is 31.3 Å². The van der Waals surface area contributed by atoms with Gasteiger partial charge >= 0.3 is 5.97 Å². The summed E-state index contributed by atoms with van der Waals surface area (Å²) in [6, 6.07) is 1.81. The molecule has 2 rings (SSSR count). The molecule has 0 aliphatic rings. The van der Waals surface area contributed by atoms with Crippen molar-refractivity contribution in [3.05, 3.63) is 18.1 Å². The second-order valence-corrected chi connectivity index (χ2v) is 5.06. The van der Waals surface area contributed by atoms with Crippen LogP contribution < -0.4 is 0 Å². The molecule has 0 radical (unpaired) electrons. The molecule has 0 saturated carbocycles. The second-order valence-electron chi connectivity index (χ2n) is 5.06. The predicted octanol–water partition coefficient (Wildman–Crippen LogP) is 2.39. The zero-order valence-electron chi connectivity index (χ0n) is 12.5. The summed E-state index contributed by atoms with van der Waals surface area (Å²) in [4.78, 5) is 11.6. The van der Waals surface area contributed by atoms with Gasteiger partial charge in [0, 0.05) is 6.42 Å². The highest BCUT2D eigenvalue weighted by Gasteiger charge is 2.36. The van der Waals surface area contributed by atoms with E-state index in [0.717, 1.165) is 17.7 Å². The standard InChI is InChI=1S/C14H20N4O3/c1-4-11-10(7-8-21-11)12-15-16-17-18(12)9-14(5-2,6-3)13(19)20/h7-8H,4-6,9H2,1-3H3,(H,19,20). The van der Waals surface area contributed by atoms with Crippen LogP contribution in [0.5, 0.6) is 0 Å². The maximum Gasteiger partial charge on any atom is 0.311 e. The third-order valence-electron chi connectivity index (χ3n) is 4.10. The number of carboxylic acids is 1. The number of aliphatic carboxylic acids is 1. The highest BCUT2D eigenvalue weighted by molar-refractivity contribution is 5.74. The molecular formula is C14H20N4O3. The summed E-state index contributed by atoms with van der Waals surface area (Å²) in [5, 5.41) is 21.2. The Morgan fingerprint density at radius 3 is 2.67 bits per heavy atom. The van der Waals surface area contributed by atoms with E-state index in [-0.39, 0.29) is 6.54 Å². The molecule has 0 spiro atoms. The first kappa shape index (κ1) is 15.2. The minimum Gasteiger partial charge on any atom is -0.481 e. The number of hydrogen-bond acceptors (Lipinski definition) is 5. The van der Waals surface area contributed by atoms with Crippen molar-refractivity contribution in [3.63, 3.8) is 0 Å². The molecule has 0 unspecified atom stereocenters. The topological polar surface area (TPSA) is 94.0 Å². The molecule has 21 heavy (non-hydrogen) atoms. The lowest BCUT2D eigenvalue weighted by Gasteiger charge is -2.26. The normalized spacial score (nSPS) is 11.8. The van der Waals surface area contributed by atoms with Crippen molar-refractivity contribution in [2.75, 3.05) is 0 Å². The van der Waals surface area contributed by atoms with Crippen LogP contribution in [0.4, 0.5) is 0 Å². The molecule has 2 aromatic heterocycles. The van der Waals surface area contributed by atoms with E-state index in [1.165, 1.54) is 0 Å². The number of furan rings is 1. The average Bonchev–Trinajstić information content (AvgIpc) is 3.12. The lowest BCUT2D eigenvalue weighted by Crippen LogP contribution is -2.35. The molecule has 7 heteroatoms. The number of aryl methyl sites for hydroxylation is 1. The Bertz CT molecular complexity index is 613. The molecule has 7 nitrogen and oxygen atoms in total. The minimum atomic E-state index is -0.861. The van der Waals surface area contributed by atoms with Crippen molar-refractivity contribution >= 4 is 5.97 Å². The molecule has 0 aliphatic carbocycles. The maximum atomic E-state index is 11.6. The van der Waals surface area contributed by atoms with Crippen molar-refractivity contribution < 1.29 is 14.3 Å². The molecule has 0 aromatic carbocycles. The van der Waals surface area contributed by atoms with Crippen molar-refractivity contribution in [1.82, 2.24) is 20.2 Å². The van der Waals surface area contributed by atoms with Crippen LogP contribution in [0.2, 0.25) is 0 Å². The van der Waals surface area contributed by atoms with Gasteiger partial charge in [0.1, 0.15) is 5.76 Å². The quantitative estimate of drug-likeness (QED) is 0.842. The first-order valence-corrected chi connectivity index (χ1v) is 7.14. The summed E-state index contributed by atoms with van der Waals surface area (Å²) in [5.74, 6) is 0.518. The second kappa shape index (κ2) is 6.07. The molecule has 1 N–H and O–H groups in total. The third kappa shape index (κ3) is 2.68. The zero-order chi connectivity index (χ0) is 15.5. The van der Waals surface area contributed by atoms with Crippen molar-refractivity contribution in [1.29, 1.82) is 0 Å². The van der Waals surface area contributed by atoms with Crippen LogP contribution in [-0.2, 0) is 17.8 Å². The Labute approximate surface area is 123 Å². The Hall–Kier alpha value is -2.18. The summed E-state index contributed by atoms with van der Waals surface area (Å²) in [5.41, 5.74) is -0.0470. The number of tetrazole rings is 1.